The molecule has 0 unspecified atom stereocenters. The molecule has 4 aromatic rings. The highest BCUT2D eigenvalue weighted by Gasteiger charge is 2.34. The fourth-order valence-electron chi connectivity index (χ4n) is 3.54. The van der Waals surface area contributed by atoms with Gasteiger partial charge in [-0.15, -0.1) is 10.2 Å². The van der Waals surface area contributed by atoms with E-state index in [4.69, 9.17) is 16.3 Å². The maximum Gasteiger partial charge on any atom is 0.290 e. The van der Waals surface area contributed by atoms with Crippen LogP contribution in [0.3, 0.4) is 0 Å². The van der Waals surface area contributed by atoms with Gasteiger partial charge in [-0.2, -0.15) is 8.78 Å². The zero-order valence-corrected chi connectivity index (χ0v) is 18.7. The lowest BCUT2D eigenvalue weighted by Gasteiger charge is -2.20. The molecule has 0 aliphatic carbocycles. The molecule has 0 spiro atoms. The Morgan fingerprint density at radius 2 is 1.76 bits per heavy atom. The summed E-state index contributed by atoms with van der Waals surface area (Å²) in [6.07, 6.45) is 0. The van der Waals surface area contributed by atoms with Crippen LogP contribution in [0.5, 0.6) is 11.6 Å². The van der Waals surface area contributed by atoms with E-state index in [9.17, 15) is 13.6 Å². The van der Waals surface area contributed by atoms with Crippen LogP contribution in [0.15, 0.2) is 66.7 Å². The molecule has 1 heterocycles. The first-order valence-corrected chi connectivity index (χ1v) is 10.5. The lowest BCUT2D eigenvalue weighted by Crippen LogP contribution is -2.35. The van der Waals surface area contributed by atoms with E-state index in [1.165, 1.54) is 6.07 Å². The number of ether oxygens (including phenoxy) is 1. The molecule has 0 atom stereocenters. The summed E-state index contributed by atoms with van der Waals surface area (Å²) in [7, 11) is 0. The second-order valence-electron chi connectivity index (χ2n) is 7.66. The fraction of sp³-hybridized carbons (Fsp3) is 0.160. The zero-order valence-electron chi connectivity index (χ0n) is 17.9. The number of halogens is 3. The molecule has 0 radical (unpaired) electrons. The SMILES string of the molecule is Cc1ccc(C(F)(F)CNC(=O)c2c(Oc3ccc(Cl)cc3)nnc3ccccc23)c(C)c1. The highest BCUT2D eigenvalue weighted by atomic mass is 35.5. The first kappa shape index (κ1) is 22.6. The Balaban J connectivity index is 1.65. The number of aromatic nitrogens is 2. The van der Waals surface area contributed by atoms with E-state index in [1.807, 2.05) is 6.92 Å². The molecule has 1 N–H and O–H groups in total. The smallest absolute Gasteiger partial charge is 0.290 e. The Morgan fingerprint density at radius 1 is 1.03 bits per heavy atom. The number of rotatable bonds is 6. The van der Waals surface area contributed by atoms with Gasteiger partial charge in [-0.25, -0.2) is 0 Å². The minimum absolute atomic E-state index is 0.0204. The van der Waals surface area contributed by atoms with Crippen molar-refractivity contribution in [2.24, 2.45) is 0 Å². The molecular formula is C25H20ClF2N3O2. The Bertz CT molecular complexity index is 1330. The topological polar surface area (TPSA) is 64.1 Å². The second-order valence-corrected chi connectivity index (χ2v) is 8.10. The van der Waals surface area contributed by atoms with Crippen molar-refractivity contribution in [3.05, 3.63) is 94.0 Å². The third-order valence-corrected chi connectivity index (χ3v) is 5.39. The molecule has 1 amide bonds. The summed E-state index contributed by atoms with van der Waals surface area (Å²) < 4.78 is 35.6. The quantitative estimate of drug-likeness (QED) is 0.366. The Kier molecular flexibility index (Phi) is 6.24. The molecule has 0 bridgehead atoms. The fourth-order valence-corrected chi connectivity index (χ4v) is 3.67. The normalized spacial score (nSPS) is 11.4. The highest BCUT2D eigenvalue weighted by Crippen LogP contribution is 2.32. The summed E-state index contributed by atoms with van der Waals surface area (Å²) in [5.41, 5.74) is 1.66. The molecule has 168 valence electrons. The van der Waals surface area contributed by atoms with Crippen molar-refractivity contribution in [1.82, 2.24) is 15.5 Å². The number of amides is 1. The maximum absolute atomic E-state index is 14.9. The van der Waals surface area contributed by atoms with Gasteiger partial charge in [-0.3, -0.25) is 4.79 Å². The standard InChI is InChI=1S/C25H20ClF2N3O2/c1-15-7-12-20(16(2)13-15)25(27,28)14-29-23(32)22-19-5-3-4-6-21(19)30-31-24(22)33-18-10-8-17(26)9-11-18/h3-13H,14H2,1-2H3,(H,29,32). The predicted molar refractivity (Wildman–Crippen MR) is 123 cm³/mol. The van der Waals surface area contributed by atoms with Gasteiger partial charge in [0.1, 0.15) is 11.3 Å². The van der Waals surface area contributed by atoms with Crippen LogP contribution >= 0.6 is 11.6 Å². The van der Waals surface area contributed by atoms with Crippen LogP contribution in [-0.2, 0) is 5.92 Å². The zero-order chi connectivity index (χ0) is 23.6. The van der Waals surface area contributed by atoms with Gasteiger partial charge < -0.3 is 10.1 Å². The minimum atomic E-state index is -3.26. The highest BCUT2D eigenvalue weighted by molar-refractivity contribution is 6.30. The third-order valence-electron chi connectivity index (χ3n) is 5.14. The second kappa shape index (κ2) is 9.11. The van der Waals surface area contributed by atoms with E-state index in [2.05, 4.69) is 15.5 Å². The van der Waals surface area contributed by atoms with Gasteiger partial charge in [0.25, 0.3) is 17.7 Å². The molecule has 3 aromatic carbocycles. The van der Waals surface area contributed by atoms with Gasteiger partial charge in [-0.1, -0.05) is 53.6 Å². The Hall–Kier alpha value is -3.58. The molecule has 1 aromatic heterocycles. The van der Waals surface area contributed by atoms with Crippen LogP contribution in [0.4, 0.5) is 8.78 Å². The summed E-state index contributed by atoms with van der Waals surface area (Å²) in [6, 6.07) is 17.9. The van der Waals surface area contributed by atoms with Crippen molar-refractivity contribution in [3.8, 4) is 11.6 Å². The molecule has 0 aliphatic rings. The van der Waals surface area contributed by atoms with Crippen molar-refractivity contribution >= 4 is 28.4 Å². The van der Waals surface area contributed by atoms with Crippen LogP contribution in [0.2, 0.25) is 5.02 Å². The molecule has 5 nitrogen and oxygen atoms in total. The third kappa shape index (κ3) is 4.93. The molecule has 4 rings (SSSR count). The van der Waals surface area contributed by atoms with Gasteiger partial charge in [0.2, 0.25) is 0 Å². The van der Waals surface area contributed by atoms with Crippen LogP contribution in [0.25, 0.3) is 10.9 Å². The largest absolute Gasteiger partial charge is 0.437 e. The number of aryl methyl sites for hydroxylation is 2. The predicted octanol–water partition coefficient (Wildman–Crippen LogP) is 6.21. The summed E-state index contributed by atoms with van der Waals surface area (Å²) in [5.74, 6) is -3.72. The lowest BCUT2D eigenvalue weighted by atomic mass is 10.00. The van der Waals surface area contributed by atoms with Gasteiger partial charge in [0.15, 0.2) is 0 Å². The number of benzene rings is 3. The van der Waals surface area contributed by atoms with Crippen molar-refractivity contribution < 1.29 is 18.3 Å². The van der Waals surface area contributed by atoms with E-state index in [0.29, 0.717) is 27.2 Å². The number of alkyl halides is 2. The van der Waals surface area contributed by atoms with E-state index in [1.54, 1.807) is 67.6 Å². The van der Waals surface area contributed by atoms with Crippen LogP contribution in [0, 0.1) is 13.8 Å². The number of hydrogen-bond acceptors (Lipinski definition) is 4. The Labute approximate surface area is 194 Å². The van der Waals surface area contributed by atoms with E-state index in [-0.39, 0.29) is 17.0 Å². The van der Waals surface area contributed by atoms with E-state index in [0.717, 1.165) is 5.56 Å². The summed E-state index contributed by atoms with van der Waals surface area (Å²) in [6.45, 7) is 2.57. The lowest BCUT2D eigenvalue weighted by molar-refractivity contribution is -0.00308. The number of hydrogen-bond donors (Lipinski definition) is 1. The van der Waals surface area contributed by atoms with Gasteiger partial charge >= 0.3 is 0 Å². The first-order valence-electron chi connectivity index (χ1n) is 10.2. The van der Waals surface area contributed by atoms with Gasteiger partial charge in [-0.05, 0) is 49.7 Å². The summed E-state index contributed by atoms with van der Waals surface area (Å²) >= 11 is 5.91. The number of carbonyl (C=O) groups is 1. The number of fused-ring (bicyclic) bond motifs is 1. The maximum atomic E-state index is 14.9. The number of nitrogens with one attached hydrogen (secondary N) is 1. The van der Waals surface area contributed by atoms with Crippen LogP contribution in [0.1, 0.15) is 27.0 Å². The average molecular weight is 468 g/mol. The van der Waals surface area contributed by atoms with Crippen molar-refractivity contribution in [2.75, 3.05) is 6.54 Å². The van der Waals surface area contributed by atoms with E-state index >= 15 is 0 Å². The molecule has 8 heteroatoms. The monoisotopic (exact) mass is 467 g/mol. The van der Waals surface area contributed by atoms with Crippen molar-refractivity contribution in [3.63, 3.8) is 0 Å². The molecule has 33 heavy (non-hydrogen) atoms. The molecular weight excluding hydrogens is 448 g/mol. The van der Waals surface area contributed by atoms with Crippen molar-refractivity contribution in [2.45, 2.75) is 19.8 Å². The molecule has 0 aliphatic heterocycles. The Morgan fingerprint density at radius 3 is 2.48 bits per heavy atom. The molecule has 0 saturated heterocycles. The van der Waals surface area contributed by atoms with Crippen molar-refractivity contribution in [1.29, 1.82) is 0 Å². The van der Waals surface area contributed by atoms with Gasteiger partial charge in [0.05, 0.1) is 12.1 Å². The molecule has 0 saturated carbocycles. The number of nitrogens with zero attached hydrogens (tertiary/aromatic N) is 2. The average Bonchev–Trinajstić information content (AvgIpc) is 2.78. The summed E-state index contributed by atoms with van der Waals surface area (Å²) in [4.78, 5) is 13.1. The number of carbonyl (C=O) groups excluding carboxylic acids is 1. The molecule has 0 fully saturated rings. The summed E-state index contributed by atoms with van der Waals surface area (Å²) in [5, 5.41) is 11.4. The van der Waals surface area contributed by atoms with Crippen LogP contribution in [-0.4, -0.2) is 22.6 Å². The van der Waals surface area contributed by atoms with Gasteiger partial charge in [0, 0.05) is 16.0 Å². The van der Waals surface area contributed by atoms with Crippen LogP contribution < -0.4 is 10.1 Å². The minimum Gasteiger partial charge on any atom is -0.437 e. The van der Waals surface area contributed by atoms with E-state index < -0.39 is 18.4 Å². The first-order chi connectivity index (χ1) is 15.7.